The van der Waals surface area contributed by atoms with Gasteiger partial charge >= 0.3 is 0 Å². The molecule has 0 aliphatic carbocycles. The molecule has 0 saturated carbocycles. The Morgan fingerprint density at radius 2 is 2.14 bits per heavy atom. The number of hydrogen-bond acceptors (Lipinski definition) is 4. The van der Waals surface area contributed by atoms with Crippen LogP contribution in [0.3, 0.4) is 0 Å². The first-order chi connectivity index (χ1) is 9.97. The minimum Gasteiger partial charge on any atom is -0.302 e. The second kappa shape index (κ2) is 5.35. The van der Waals surface area contributed by atoms with Crippen LogP contribution in [-0.2, 0) is 13.0 Å². The summed E-state index contributed by atoms with van der Waals surface area (Å²) in [5.74, 6) is 0.885. The zero-order chi connectivity index (χ0) is 15.1. The molecule has 2 aromatic heterocycles. The topological polar surface area (TPSA) is 49.7 Å². The molecule has 0 aromatic carbocycles. The van der Waals surface area contributed by atoms with Crippen LogP contribution in [0.1, 0.15) is 36.8 Å². The van der Waals surface area contributed by atoms with E-state index in [2.05, 4.69) is 53.5 Å². The van der Waals surface area contributed by atoms with Gasteiger partial charge in [-0.25, -0.2) is 0 Å². The zero-order valence-corrected chi connectivity index (χ0v) is 13.8. The van der Waals surface area contributed by atoms with Crippen molar-refractivity contribution < 1.29 is 0 Å². The molecule has 0 fully saturated rings. The first-order valence-electron chi connectivity index (χ1n) is 7.32. The maximum absolute atomic E-state index is 5.35. The minimum absolute atomic E-state index is 0.268. The molecule has 1 N–H and O–H groups in total. The van der Waals surface area contributed by atoms with Crippen molar-refractivity contribution in [1.82, 2.24) is 24.6 Å². The predicted octanol–water partition coefficient (Wildman–Crippen LogP) is 2.88. The van der Waals surface area contributed by atoms with E-state index in [0.717, 1.165) is 36.6 Å². The highest BCUT2D eigenvalue weighted by molar-refractivity contribution is 7.71. The quantitative estimate of drug-likeness (QED) is 0.867. The summed E-state index contributed by atoms with van der Waals surface area (Å²) >= 11 is 5.35. The van der Waals surface area contributed by atoms with E-state index in [1.807, 2.05) is 0 Å². The molecular weight excluding hydrogens is 282 g/mol. The zero-order valence-electron chi connectivity index (χ0n) is 13.0. The van der Waals surface area contributed by atoms with E-state index in [0.29, 0.717) is 4.77 Å². The number of aromatic amines is 1. The highest BCUT2D eigenvalue weighted by atomic mass is 32.1. The minimum atomic E-state index is 0.268. The third-order valence-corrected chi connectivity index (χ3v) is 4.30. The van der Waals surface area contributed by atoms with Crippen LogP contribution in [0.2, 0.25) is 0 Å². The van der Waals surface area contributed by atoms with Crippen LogP contribution in [0.15, 0.2) is 6.07 Å². The van der Waals surface area contributed by atoms with Crippen molar-refractivity contribution in [3.63, 3.8) is 0 Å². The van der Waals surface area contributed by atoms with Gasteiger partial charge in [0, 0.05) is 42.5 Å². The molecule has 5 nitrogen and oxygen atoms in total. The fourth-order valence-corrected chi connectivity index (χ4v) is 3.26. The number of rotatable bonds is 2. The number of aryl methyl sites for hydroxylation is 1. The van der Waals surface area contributed by atoms with Gasteiger partial charge in [-0.1, -0.05) is 0 Å². The van der Waals surface area contributed by atoms with Gasteiger partial charge in [0.25, 0.3) is 0 Å². The molecule has 3 rings (SSSR count). The summed E-state index contributed by atoms with van der Waals surface area (Å²) in [6.45, 7) is 8.30. The summed E-state index contributed by atoms with van der Waals surface area (Å²) in [6, 6.07) is 2.50. The summed E-state index contributed by atoms with van der Waals surface area (Å²) in [4.78, 5) is 7.13. The van der Waals surface area contributed by atoms with Gasteiger partial charge in [-0.2, -0.15) is 5.10 Å². The Morgan fingerprint density at radius 3 is 2.86 bits per heavy atom. The van der Waals surface area contributed by atoms with E-state index in [4.69, 9.17) is 17.2 Å². The Morgan fingerprint density at radius 1 is 1.38 bits per heavy atom. The van der Waals surface area contributed by atoms with Crippen molar-refractivity contribution in [3.05, 3.63) is 27.8 Å². The third kappa shape index (κ3) is 2.53. The second-order valence-electron chi connectivity index (χ2n) is 6.03. The number of hydrogen-bond donors (Lipinski definition) is 1. The average Bonchev–Trinajstić information content (AvgIpc) is 2.80. The van der Waals surface area contributed by atoms with Crippen LogP contribution < -0.4 is 0 Å². The molecule has 21 heavy (non-hydrogen) atoms. The number of aromatic nitrogens is 4. The van der Waals surface area contributed by atoms with E-state index in [-0.39, 0.29) is 6.04 Å². The monoisotopic (exact) mass is 303 g/mol. The van der Waals surface area contributed by atoms with Gasteiger partial charge in [0.1, 0.15) is 0 Å². The molecule has 3 heterocycles. The maximum Gasteiger partial charge on any atom is 0.195 e. The normalized spacial score (nSPS) is 15.5. The lowest BCUT2D eigenvalue weighted by atomic mass is 10.0. The van der Waals surface area contributed by atoms with Crippen molar-refractivity contribution in [3.8, 4) is 11.4 Å². The Balaban J connectivity index is 2.15. The molecule has 0 radical (unpaired) electrons. The molecule has 0 spiro atoms. The van der Waals surface area contributed by atoms with Crippen LogP contribution in [0, 0.1) is 11.7 Å². The van der Waals surface area contributed by atoms with Crippen molar-refractivity contribution in [2.75, 3.05) is 13.6 Å². The van der Waals surface area contributed by atoms with Crippen LogP contribution in [0.4, 0.5) is 0 Å². The summed E-state index contributed by atoms with van der Waals surface area (Å²) in [7, 11) is 2.15. The van der Waals surface area contributed by atoms with E-state index >= 15 is 0 Å². The summed E-state index contributed by atoms with van der Waals surface area (Å²) in [5, 5.41) is 7.34. The second-order valence-corrected chi connectivity index (χ2v) is 6.42. The lowest BCUT2D eigenvalue weighted by Crippen LogP contribution is -2.27. The number of nitrogens with one attached hydrogen (secondary N) is 1. The average molecular weight is 303 g/mol. The summed E-state index contributed by atoms with van der Waals surface area (Å²) in [5.41, 5.74) is 4.62. The highest BCUT2D eigenvalue weighted by Gasteiger charge is 2.20. The molecule has 0 atom stereocenters. The fourth-order valence-electron chi connectivity index (χ4n) is 2.92. The molecule has 1 aliphatic rings. The molecule has 112 valence electrons. The van der Waals surface area contributed by atoms with Crippen LogP contribution >= 0.6 is 12.2 Å². The number of fused-ring (bicyclic) bond motifs is 1. The SMILES string of the molecule is Cc1nc2c(cc1-c1n[nH]c(=S)n1C(C)C)CN(C)CC2. The molecule has 1 aliphatic heterocycles. The molecule has 2 aromatic rings. The van der Waals surface area contributed by atoms with Crippen molar-refractivity contribution in [2.24, 2.45) is 0 Å². The van der Waals surface area contributed by atoms with Gasteiger partial charge in [-0.15, -0.1) is 0 Å². The van der Waals surface area contributed by atoms with E-state index in [9.17, 15) is 0 Å². The molecular formula is C15H21N5S. The number of pyridine rings is 1. The van der Waals surface area contributed by atoms with Gasteiger partial charge in [0.15, 0.2) is 10.6 Å². The number of nitrogens with zero attached hydrogens (tertiary/aromatic N) is 4. The molecule has 0 amide bonds. The Bertz CT molecular complexity index is 728. The summed E-state index contributed by atoms with van der Waals surface area (Å²) in [6.07, 6.45) is 1.02. The van der Waals surface area contributed by atoms with Gasteiger partial charge in [0.2, 0.25) is 0 Å². The van der Waals surface area contributed by atoms with E-state index in [1.165, 1.54) is 11.3 Å². The van der Waals surface area contributed by atoms with Gasteiger partial charge in [0.05, 0.1) is 0 Å². The maximum atomic E-state index is 5.35. The predicted molar refractivity (Wildman–Crippen MR) is 85.8 cm³/mol. The lowest BCUT2D eigenvalue weighted by molar-refractivity contribution is 0.310. The van der Waals surface area contributed by atoms with Crippen LogP contribution in [0.25, 0.3) is 11.4 Å². The Labute approximate surface area is 130 Å². The van der Waals surface area contributed by atoms with Gasteiger partial charge in [-0.05, 0) is 51.7 Å². The van der Waals surface area contributed by atoms with E-state index < -0.39 is 0 Å². The fraction of sp³-hybridized carbons (Fsp3) is 0.533. The smallest absolute Gasteiger partial charge is 0.195 e. The molecule has 0 bridgehead atoms. The van der Waals surface area contributed by atoms with Gasteiger partial charge < -0.3 is 4.90 Å². The highest BCUT2D eigenvalue weighted by Crippen LogP contribution is 2.27. The van der Waals surface area contributed by atoms with Crippen molar-refractivity contribution in [2.45, 2.75) is 39.8 Å². The van der Waals surface area contributed by atoms with Crippen LogP contribution in [-0.4, -0.2) is 38.2 Å². The van der Waals surface area contributed by atoms with Crippen molar-refractivity contribution >= 4 is 12.2 Å². The summed E-state index contributed by atoms with van der Waals surface area (Å²) < 4.78 is 2.72. The first-order valence-corrected chi connectivity index (χ1v) is 7.73. The van der Waals surface area contributed by atoms with E-state index in [1.54, 1.807) is 0 Å². The van der Waals surface area contributed by atoms with Gasteiger partial charge in [-0.3, -0.25) is 14.6 Å². The Kier molecular flexibility index (Phi) is 3.67. The first kappa shape index (κ1) is 14.4. The Hall–Kier alpha value is -1.53. The lowest BCUT2D eigenvalue weighted by Gasteiger charge is -2.25. The molecule has 0 saturated heterocycles. The van der Waals surface area contributed by atoms with Crippen molar-refractivity contribution in [1.29, 1.82) is 0 Å². The molecule has 6 heteroatoms. The van der Waals surface area contributed by atoms with Crippen LogP contribution in [0.5, 0.6) is 0 Å². The largest absolute Gasteiger partial charge is 0.302 e. The number of H-pyrrole nitrogens is 1. The third-order valence-electron chi connectivity index (χ3n) is 4.01. The standard InChI is InChI=1S/C15H21N5S/c1-9(2)20-14(17-18-15(20)21)12-7-11-8-19(4)6-5-13(11)16-10(12)3/h7,9H,5-6,8H2,1-4H3,(H,18,21). The molecule has 0 unspecified atom stereocenters. The number of likely N-dealkylation sites (N-methyl/N-ethyl adjacent to an activating group) is 1.